The molecule has 24 heavy (non-hydrogen) atoms. The molecule has 1 N–H and O–H groups in total. The molecule has 0 radical (unpaired) electrons. The summed E-state index contributed by atoms with van der Waals surface area (Å²) < 4.78 is 79.3. The molecule has 0 saturated carbocycles. The molecule has 1 aliphatic heterocycles. The highest BCUT2D eigenvalue weighted by molar-refractivity contribution is 6.09. The molecule has 0 saturated heterocycles. The number of aliphatic imine (C=N–C) groups is 1. The van der Waals surface area contributed by atoms with Crippen LogP contribution in [-0.2, 0) is 0 Å². The minimum Gasteiger partial charge on any atom is -0.298 e. The summed E-state index contributed by atoms with van der Waals surface area (Å²) >= 11 is 0. The zero-order valence-electron chi connectivity index (χ0n) is 12.5. The first-order chi connectivity index (χ1) is 10.9. The molecular weight excluding hydrogens is 340 g/mol. The number of carbonyl (C=O) groups excluding carboxylic acids is 1. The number of halogens is 6. The van der Waals surface area contributed by atoms with Crippen LogP contribution in [0.3, 0.4) is 0 Å². The van der Waals surface area contributed by atoms with Crippen LogP contribution < -0.4 is 5.32 Å². The fourth-order valence-corrected chi connectivity index (χ4v) is 2.25. The van der Waals surface area contributed by atoms with Crippen molar-refractivity contribution in [3.8, 4) is 0 Å². The third-order valence-electron chi connectivity index (χ3n) is 3.38. The van der Waals surface area contributed by atoms with Crippen LogP contribution in [-0.4, -0.2) is 40.8 Å². The second-order valence-corrected chi connectivity index (χ2v) is 5.40. The predicted molar refractivity (Wildman–Crippen MR) is 73.3 cm³/mol. The third kappa shape index (κ3) is 2.80. The number of alkyl halides is 6. The minimum atomic E-state index is -5.86. The number of amidine groups is 1. The van der Waals surface area contributed by atoms with Gasteiger partial charge in [0.2, 0.25) is 0 Å². The Morgan fingerprint density at radius 1 is 1.04 bits per heavy atom. The van der Waals surface area contributed by atoms with Gasteiger partial charge in [0.05, 0.1) is 0 Å². The van der Waals surface area contributed by atoms with Crippen LogP contribution in [0, 0.1) is 0 Å². The van der Waals surface area contributed by atoms with Crippen molar-refractivity contribution in [2.75, 3.05) is 0 Å². The molecule has 4 nitrogen and oxygen atoms in total. The van der Waals surface area contributed by atoms with Gasteiger partial charge in [-0.3, -0.25) is 10.2 Å². The Morgan fingerprint density at radius 3 is 1.96 bits per heavy atom. The number of benzene rings is 1. The molecule has 0 bridgehead atoms. The first kappa shape index (κ1) is 18.1. The van der Waals surface area contributed by atoms with Crippen LogP contribution in [0.15, 0.2) is 35.3 Å². The highest BCUT2D eigenvalue weighted by Crippen LogP contribution is 2.46. The zero-order chi connectivity index (χ0) is 18.3. The van der Waals surface area contributed by atoms with Gasteiger partial charge in [-0.1, -0.05) is 30.3 Å². The Labute approximate surface area is 133 Å². The Morgan fingerprint density at radius 2 is 1.54 bits per heavy atom. The SMILES string of the molecule is CC(C)N1C(=O)NC(C(F)(F)F)(C(F)(F)F)N=C1c1ccccc1. The number of amides is 2. The van der Waals surface area contributed by atoms with E-state index in [1.54, 1.807) is 0 Å². The van der Waals surface area contributed by atoms with E-state index in [1.165, 1.54) is 44.2 Å². The lowest BCUT2D eigenvalue weighted by molar-refractivity contribution is -0.302. The summed E-state index contributed by atoms with van der Waals surface area (Å²) in [6.45, 7) is 2.90. The van der Waals surface area contributed by atoms with Gasteiger partial charge >= 0.3 is 24.0 Å². The summed E-state index contributed by atoms with van der Waals surface area (Å²) in [4.78, 5) is 15.8. The normalized spacial score (nSPS) is 18.5. The number of hydrogen-bond donors (Lipinski definition) is 1. The number of nitrogens with zero attached hydrogens (tertiary/aromatic N) is 2. The van der Waals surface area contributed by atoms with Gasteiger partial charge in [-0.15, -0.1) is 0 Å². The first-order valence-corrected chi connectivity index (χ1v) is 6.81. The Kier molecular flexibility index (Phi) is 4.28. The molecule has 132 valence electrons. The summed E-state index contributed by atoms with van der Waals surface area (Å²) in [5.74, 6) is -0.691. The first-order valence-electron chi connectivity index (χ1n) is 6.81. The van der Waals surface area contributed by atoms with Crippen molar-refractivity contribution in [1.29, 1.82) is 0 Å². The van der Waals surface area contributed by atoms with Gasteiger partial charge in [0.25, 0.3) is 0 Å². The van der Waals surface area contributed by atoms with Crippen molar-refractivity contribution in [1.82, 2.24) is 10.2 Å². The van der Waals surface area contributed by atoms with Gasteiger partial charge in [0, 0.05) is 11.6 Å². The summed E-state index contributed by atoms with van der Waals surface area (Å²) in [7, 11) is 0. The number of carbonyl (C=O) groups is 1. The molecule has 2 rings (SSSR count). The molecule has 0 spiro atoms. The summed E-state index contributed by atoms with van der Waals surface area (Å²) in [5, 5.41) is 0.990. The van der Waals surface area contributed by atoms with Crippen LogP contribution in [0.1, 0.15) is 19.4 Å². The molecule has 0 atom stereocenters. The third-order valence-corrected chi connectivity index (χ3v) is 3.38. The van der Waals surface area contributed by atoms with E-state index in [2.05, 4.69) is 4.99 Å². The molecular formula is C14H13F6N3O. The lowest BCUT2D eigenvalue weighted by Gasteiger charge is -2.42. The van der Waals surface area contributed by atoms with Crippen LogP contribution in [0.2, 0.25) is 0 Å². The fourth-order valence-electron chi connectivity index (χ4n) is 2.25. The Balaban J connectivity index is 2.77. The lowest BCUT2D eigenvalue weighted by Crippen LogP contribution is -2.72. The number of rotatable bonds is 2. The van der Waals surface area contributed by atoms with Crippen LogP contribution in [0.5, 0.6) is 0 Å². The number of nitrogens with one attached hydrogen (secondary N) is 1. The van der Waals surface area contributed by atoms with Gasteiger partial charge in [0.15, 0.2) is 0 Å². The highest BCUT2D eigenvalue weighted by Gasteiger charge is 2.74. The summed E-state index contributed by atoms with van der Waals surface area (Å²) in [6, 6.07) is 4.72. The highest BCUT2D eigenvalue weighted by atomic mass is 19.4. The van der Waals surface area contributed by atoms with Crippen LogP contribution >= 0.6 is 0 Å². The number of urea groups is 1. The van der Waals surface area contributed by atoms with Crippen molar-refractivity contribution in [3.05, 3.63) is 35.9 Å². The molecule has 1 aromatic rings. The maximum atomic E-state index is 13.2. The Hall–Kier alpha value is -2.26. The average Bonchev–Trinajstić information content (AvgIpc) is 2.44. The van der Waals surface area contributed by atoms with E-state index >= 15 is 0 Å². The topological polar surface area (TPSA) is 44.7 Å². The quantitative estimate of drug-likeness (QED) is 0.810. The standard InChI is InChI=1S/C14H13F6N3O/c1-8(2)23-10(9-6-4-3-5-7-9)21-12(13(15,16)17,14(18,19)20)22-11(23)24/h3-8H,1-2H3,(H,22,24). The van der Waals surface area contributed by atoms with Crippen molar-refractivity contribution in [3.63, 3.8) is 0 Å². The van der Waals surface area contributed by atoms with Gasteiger partial charge in [-0.25, -0.2) is 9.79 Å². The predicted octanol–water partition coefficient (Wildman–Crippen LogP) is 3.69. The van der Waals surface area contributed by atoms with Crippen LogP contribution in [0.4, 0.5) is 31.1 Å². The van der Waals surface area contributed by atoms with Gasteiger partial charge in [0.1, 0.15) is 5.84 Å². The molecule has 0 fully saturated rings. The van der Waals surface area contributed by atoms with Gasteiger partial charge < -0.3 is 0 Å². The van der Waals surface area contributed by atoms with E-state index in [0.717, 1.165) is 10.2 Å². The Bertz CT molecular complexity index is 637. The molecule has 1 heterocycles. The summed E-state index contributed by atoms with van der Waals surface area (Å²) in [5.41, 5.74) is -4.72. The molecule has 10 heteroatoms. The maximum absolute atomic E-state index is 13.2. The molecule has 1 aliphatic rings. The zero-order valence-corrected chi connectivity index (χ0v) is 12.5. The molecule has 0 unspecified atom stereocenters. The second kappa shape index (κ2) is 5.67. The van der Waals surface area contributed by atoms with Crippen molar-refractivity contribution < 1.29 is 31.1 Å². The maximum Gasteiger partial charge on any atom is 0.441 e. The van der Waals surface area contributed by atoms with E-state index in [0.29, 0.717) is 0 Å². The van der Waals surface area contributed by atoms with E-state index in [1.807, 2.05) is 0 Å². The van der Waals surface area contributed by atoms with Crippen LogP contribution in [0.25, 0.3) is 0 Å². The van der Waals surface area contributed by atoms with E-state index in [9.17, 15) is 31.1 Å². The van der Waals surface area contributed by atoms with Crippen molar-refractivity contribution in [2.45, 2.75) is 37.9 Å². The number of hydrogen-bond acceptors (Lipinski definition) is 2. The van der Waals surface area contributed by atoms with E-state index < -0.39 is 35.9 Å². The lowest BCUT2D eigenvalue weighted by atomic mass is 10.1. The van der Waals surface area contributed by atoms with Crippen molar-refractivity contribution in [2.24, 2.45) is 4.99 Å². The molecule has 1 aromatic carbocycles. The summed E-state index contributed by atoms with van der Waals surface area (Å²) in [6.07, 6.45) is -11.7. The second-order valence-electron chi connectivity index (χ2n) is 5.40. The minimum absolute atomic E-state index is 0.0288. The average molecular weight is 353 g/mol. The van der Waals surface area contributed by atoms with Gasteiger partial charge in [-0.2, -0.15) is 26.3 Å². The molecule has 0 aromatic heterocycles. The molecule has 0 aliphatic carbocycles. The molecule has 2 amide bonds. The van der Waals surface area contributed by atoms with E-state index in [4.69, 9.17) is 0 Å². The monoisotopic (exact) mass is 353 g/mol. The van der Waals surface area contributed by atoms with Crippen molar-refractivity contribution >= 4 is 11.9 Å². The van der Waals surface area contributed by atoms with E-state index in [-0.39, 0.29) is 5.56 Å². The fraction of sp³-hybridized carbons (Fsp3) is 0.429. The van der Waals surface area contributed by atoms with Gasteiger partial charge in [-0.05, 0) is 13.8 Å². The smallest absolute Gasteiger partial charge is 0.298 e. The largest absolute Gasteiger partial charge is 0.441 e.